The van der Waals surface area contributed by atoms with Crippen LogP contribution < -0.4 is 5.32 Å². The molecule has 0 fully saturated rings. The van der Waals surface area contributed by atoms with Crippen LogP contribution in [-0.4, -0.2) is 21.2 Å². The lowest BCUT2D eigenvalue weighted by molar-refractivity contribution is 0.0702. The molecule has 6 nitrogen and oxygen atoms in total. The highest BCUT2D eigenvalue weighted by atomic mass is 32.1. The normalized spacial score (nSPS) is 10.8. The van der Waals surface area contributed by atoms with Crippen LogP contribution in [0.25, 0.3) is 22.8 Å². The number of anilines is 1. The fourth-order valence-electron chi connectivity index (χ4n) is 2.76. The number of hydrogen-bond acceptors (Lipinski definition) is 6. The number of carboxylic acid groups (broad SMARTS) is 1. The Kier molecular flexibility index (Phi) is 4.90. The van der Waals surface area contributed by atoms with Gasteiger partial charge in [-0.25, -0.2) is 4.79 Å². The maximum absolute atomic E-state index is 11.0. The van der Waals surface area contributed by atoms with Crippen LogP contribution in [0, 0.1) is 6.92 Å². The molecular weight excluding hydrogens is 374 g/mol. The molecular formula is C21H17N3O3S. The first kappa shape index (κ1) is 17.9. The van der Waals surface area contributed by atoms with Gasteiger partial charge in [-0.05, 0) is 42.8 Å². The number of aromatic nitrogens is 2. The second-order valence-electron chi connectivity index (χ2n) is 6.24. The lowest BCUT2D eigenvalue weighted by Gasteiger charge is -2.09. The van der Waals surface area contributed by atoms with Gasteiger partial charge in [-0.15, -0.1) is 11.3 Å². The molecule has 0 atom stereocenters. The molecule has 0 spiro atoms. The Hall–Kier alpha value is -3.45. The maximum atomic E-state index is 11.0. The average Bonchev–Trinajstić information content (AvgIpc) is 3.38. The molecule has 0 saturated heterocycles. The highest BCUT2D eigenvalue weighted by molar-refractivity contribution is 7.13. The van der Waals surface area contributed by atoms with Gasteiger partial charge in [0.15, 0.2) is 0 Å². The molecule has 4 aromatic rings. The van der Waals surface area contributed by atoms with Crippen molar-refractivity contribution < 1.29 is 14.4 Å². The Morgan fingerprint density at radius 3 is 2.68 bits per heavy atom. The van der Waals surface area contributed by atoms with Crippen LogP contribution in [0.1, 0.15) is 20.1 Å². The van der Waals surface area contributed by atoms with Crippen molar-refractivity contribution in [2.45, 2.75) is 13.5 Å². The Labute approximate surface area is 165 Å². The van der Waals surface area contributed by atoms with Crippen molar-refractivity contribution in [1.29, 1.82) is 0 Å². The summed E-state index contributed by atoms with van der Waals surface area (Å²) in [6.45, 7) is 2.55. The quantitative estimate of drug-likeness (QED) is 0.476. The zero-order chi connectivity index (χ0) is 19.5. The molecule has 0 saturated carbocycles. The molecule has 0 aliphatic rings. The Morgan fingerprint density at radius 1 is 1.11 bits per heavy atom. The van der Waals surface area contributed by atoms with Gasteiger partial charge in [0.05, 0.1) is 0 Å². The first-order valence-corrected chi connectivity index (χ1v) is 9.48. The van der Waals surface area contributed by atoms with Crippen molar-refractivity contribution in [2.75, 3.05) is 5.32 Å². The predicted octanol–water partition coefficient (Wildman–Crippen LogP) is 5.08. The number of hydrogen-bond donors (Lipinski definition) is 2. The monoisotopic (exact) mass is 391 g/mol. The molecule has 0 radical (unpaired) electrons. The predicted molar refractivity (Wildman–Crippen MR) is 109 cm³/mol. The highest BCUT2D eigenvalue weighted by Gasteiger charge is 2.12. The van der Waals surface area contributed by atoms with Crippen LogP contribution in [0.15, 0.2) is 65.2 Å². The van der Waals surface area contributed by atoms with Crippen molar-refractivity contribution in [3.05, 3.63) is 76.0 Å². The third-order valence-electron chi connectivity index (χ3n) is 4.27. The maximum Gasteiger partial charge on any atom is 0.345 e. The molecule has 0 amide bonds. The largest absolute Gasteiger partial charge is 0.477 e. The second kappa shape index (κ2) is 7.66. The van der Waals surface area contributed by atoms with Crippen LogP contribution in [0.2, 0.25) is 0 Å². The highest BCUT2D eigenvalue weighted by Crippen LogP contribution is 2.27. The summed E-state index contributed by atoms with van der Waals surface area (Å²) in [7, 11) is 0. The molecule has 140 valence electrons. The number of aryl methyl sites for hydroxylation is 1. The fraction of sp³-hybridized carbons (Fsp3) is 0.0952. The summed E-state index contributed by atoms with van der Waals surface area (Å²) in [4.78, 5) is 16.8. The van der Waals surface area contributed by atoms with Crippen LogP contribution in [-0.2, 0) is 6.54 Å². The summed E-state index contributed by atoms with van der Waals surface area (Å²) in [6.07, 6.45) is 0. The van der Waals surface area contributed by atoms with Gasteiger partial charge >= 0.3 is 5.97 Å². The Morgan fingerprint density at radius 2 is 1.93 bits per heavy atom. The minimum Gasteiger partial charge on any atom is -0.477 e. The van der Waals surface area contributed by atoms with E-state index in [9.17, 15) is 4.79 Å². The van der Waals surface area contributed by atoms with Gasteiger partial charge in [0.2, 0.25) is 5.82 Å². The van der Waals surface area contributed by atoms with Crippen LogP contribution >= 0.6 is 11.3 Å². The molecule has 2 heterocycles. The lowest BCUT2D eigenvalue weighted by Crippen LogP contribution is -2.00. The summed E-state index contributed by atoms with van der Waals surface area (Å²) >= 11 is 1.27. The first-order valence-electron chi connectivity index (χ1n) is 8.66. The van der Waals surface area contributed by atoms with Crippen LogP contribution in [0.3, 0.4) is 0 Å². The van der Waals surface area contributed by atoms with Gasteiger partial charge in [-0.1, -0.05) is 35.5 Å². The zero-order valence-corrected chi connectivity index (χ0v) is 15.9. The Bertz CT molecular complexity index is 1120. The van der Waals surface area contributed by atoms with Crippen LogP contribution in [0.5, 0.6) is 0 Å². The van der Waals surface area contributed by atoms with Crippen molar-refractivity contribution in [3.63, 3.8) is 0 Å². The summed E-state index contributed by atoms with van der Waals surface area (Å²) in [5.74, 6) is 0.0948. The van der Waals surface area contributed by atoms with E-state index in [2.05, 4.69) is 15.5 Å². The van der Waals surface area contributed by atoms with Crippen LogP contribution in [0.4, 0.5) is 5.69 Å². The molecule has 0 aliphatic heterocycles. The third-order valence-corrected chi connectivity index (χ3v) is 5.34. The molecule has 0 bridgehead atoms. The fourth-order valence-corrected chi connectivity index (χ4v) is 3.55. The lowest BCUT2D eigenvalue weighted by atomic mass is 10.1. The number of carbonyl (C=O) groups is 1. The topological polar surface area (TPSA) is 88.3 Å². The van der Waals surface area contributed by atoms with Gasteiger partial charge in [0, 0.05) is 28.2 Å². The van der Waals surface area contributed by atoms with E-state index in [1.165, 1.54) is 11.3 Å². The van der Waals surface area contributed by atoms with E-state index >= 15 is 0 Å². The number of nitrogens with one attached hydrogen (secondary N) is 1. The Balaban J connectivity index is 1.54. The molecule has 7 heteroatoms. The summed E-state index contributed by atoms with van der Waals surface area (Å²) < 4.78 is 5.39. The van der Waals surface area contributed by atoms with Crippen molar-refractivity contribution in [2.24, 2.45) is 0 Å². The number of carboxylic acids is 1. The molecule has 4 rings (SSSR count). The number of thiophene rings is 1. The van der Waals surface area contributed by atoms with Crippen molar-refractivity contribution in [1.82, 2.24) is 10.1 Å². The van der Waals surface area contributed by atoms with E-state index in [1.807, 2.05) is 61.5 Å². The third kappa shape index (κ3) is 3.79. The summed E-state index contributed by atoms with van der Waals surface area (Å²) in [5.41, 5.74) is 3.73. The smallest absolute Gasteiger partial charge is 0.345 e. The molecule has 2 aromatic carbocycles. The minimum absolute atomic E-state index is 0.336. The molecule has 2 N–H and O–H groups in total. The average molecular weight is 391 g/mol. The van der Waals surface area contributed by atoms with Crippen molar-refractivity contribution >= 4 is 23.0 Å². The number of nitrogens with zero attached hydrogens (tertiary/aromatic N) is 2. The van der Waals surface area contributed by atoms with E-state index in [0.29, 0.717) is 23.1 Å². The number of aromatic carboxylic acids is 1. The van der Waals surface area contributed by atoms with E-state index in [1.54, 1.807) is 6.07 Å². The molecule has 0 unspecified atom stereocenters. The molecule has 0 aliphatic carbocycles. The van der Waals surface area contributed by atoms with E-state index in [-0.39, 0.29) is 0 Å². The first-order chi connectivity index (χ1) is 13.6. The van der Waals surface area contributed by atoms with Gasteiger partial charge in [0.25, 0.3) is 5.89 Å². The van der Waals surface area contributed by atoms with Crippen molar-refractivity contribution in [3.8, 4) is 22.8 Å². The standard InChI is InChI=1S/C21H17N3O3S/c1-13-7-8-15(19-23-20(27-24-19)14-5-3-2-4-6-14)11-17(13)22-12-16-9-10-18(28-16)21(25)26/h2-11,22H,12H2,1H3,(H,25,26). The molecule has 2 aromatic heterocycles. The van der Waals surface area contributed by atoms with Gasteiger partial charge in [0.1, 0.15) is 4.88 Å². The number of benzene rings is 2. The molecule has 28 heavy (non-hydrogen) atoms. The minimum atomic E-state index is -0.902. The van der Waals surface area contributed by atoms with E-state index in [4.69, 9.17) is 9.63 Å². The van der Waals surface area contributed by atoms with E-state index < -0.39 is 5.97 Å². The van der Waals surface area contributed by atoms with Gasteiger partial charge < -0.3 is 14.9 Å². The van der Waals surface area contributed by atoms with Gasteiger partial charge in [-0.3, -0.25) is 0 Å². The zero-order valence-electron chi connectivity index (χ0n) is 15.0. The summed E-state index contributed by atoms with van der Waals surface area (Å²) in [6, 6.07) is 19.0. The SMILES string of the molecule is Cc1ccc(-c2noc(-c3ccccc3)n2)cc1NCc1ccc(C(=O)O)s1. The van der Waals surface area contributed by atoms with Gasteiger partial charge in [-0.2, -0.15) is 4.98 Å². The van der Waals surface area contributed by atoms with E-state index in [0.717, 1.165) is 27.3 Å². The second-order valence-corrected chi connectivity index (χ2v) is 7.41. The number of rotatable bonds is 6. The summed E-state index contributed by atoms with van der Waals surface area (Å²) in [5, 5.41) is 16.5.